The number of aryl methyl sites for hydroxylation is 2. The first-order valence-electron chi connectivity index (χ1n) is 25.1. The van der Waals surface area contributed by atoms with Gasteiger partial charge >= 0.3 is 0 Å². The lowest BCUT2D eigenvalue weighted by molar-refractivity contribution is -0.123. The Hall–Kier alpha value is -8.89. The monoisotopic (exact) mass is 995 g/mol. The van der Waals surface area contributed by atoms with Crippen molar-refractivity contribution in [1.29, 1.82) is 10.5 Å². The van der Waals surface area contributed by atoms with E-state index in [0.717, 1.165) is 68.8 Å². The molecular formula is C59H47F2N11O3. The fourth-order valence-electron chi connectivity index (χ4n) is 12.8. The van der Waals surface area contributed by atoms with E-state index in [1.807, 2.05) is 83.0 Å². The molecule has 0 aliphatic heterocycles. The number of carbonyl (C=O) groups excluding carboxylic acids is 2. The number of rotatable bonds is 9. The maximum Gasteiger partial charge on any atom is 0.278 e. The summed E-state index contributed by atoms with van der Waals surface area (Å²) in [6, 6.07) is 29.6. The van der Waals surface area contributed by atoms with Gasteiger partial charge in [-0.1, -0.05) is 62.3 Å². The number of fused-ring (bicyclic) bond motifs is 6. The molecule has 14 nitrogen and oxygen atoms in total. The van der Waals surface area contributed by atoms with Crippen LogP contribution in [0.25, 0.3) is 56.5 Å². The lowest BCUT2D eigenvalue weighted by Gasteiger charge is -2.46. The molecule has 370 valence electrons. The lowest BCUT2D eigenvalue weighted by atomic mass is 9.56. The molecule has 0 unspecified atom stereocenters. The Morgan fingerprint density at radius 3 is 1.88 bits per heavy atom. The van der Waals surface area contributed by atoms with Crippen molar-refractivity contribution in [2.45, 2.75) is 77.0 Å². The minimum absolute atomic E-state index is 0.0560. The summed E-state index contributed by atoms with van der Waals surface area (Å²) < 4.78 is 37.9. The van der Waals surface area contributed by atoms with Gasteiger partial charge in [0.15, 0.2) is 23.1 Å². The maximum atomic E-state index is 14.4. The fourth-order valence-corrected chi connectivity index (χ4v) is 12.8. The van der Waals surface area contributed by atoms with Gasteiger partial charge in [0, 0.05) is 56.7 Å². The molecule has 6 atom stereocenters. The summed E-state index contributed by atoms with van der Waals surface area (Å²) in [5, 5.41) is 43.9. The predicted molar refractivity (Wildman–Crippen MR) is 271 cm³/mol. The highest BCUT2D eigenvalue weighted by atomic mass is 19.1. The molecule has 8 aromatic rings. The molecule has 4 aliphatic rings. The second kappa shape index (κ2) is 17.9. The van der Waals surface area contributed by atoms with Crippen molar-refractivity contribution in [3.8, 4) is 68.6 Å². The third kappa shape index (κ3) is 7.73. The van der Waals surface area contributed by atoms with E-state index in [1.54, 1.807) is 31.5 Å². The summed E-state index contributed by atoms with van der Waals surface area (Å²) in [5.41, 5.74) is 9.64. The zero-order valence-corrected chi connectivity index (χ0v) is 41.4. The number of carbonyl (C=O) groups is 2. The van der Waals surface area contributed by atoms with E-state index in [1.165, 1.54) is 18.2 Å². The molecule has 5 heterocycles. The number of Topliss-reactive ketones (excluding diaryl/α,β-unsaturated/α-hetero) is 2. The summed E-state index contributed by atoms with van der Waals surface area (Å²) >= 11 is 0. The summed E-state index contributed by atoms with van der Waals surface area (Å²) in [7, 11) is 0. The van der Waals surface area contributed by atoms with Gasteiger partial charge in [-0.05, 0) is 129 Å². The average molecular weight is 996 g/mol. The van der Waals surface area contributed by atoms with Crippen LogP contribution in [0.15, 0.2) is 131 Å². The van der Waals surface area contributed by atoms with Crippen LogP contribution in [0, 0.1) is 64.9 Å². The predicted octanol–water partition coefficient (Wildman–Crippen LogP) is 10.5. The standard InChI is InChI=1S/C59H47F2N11O3/c1-32-49-21-19-48-52(57-66-33(2)70-75-57)69-72(56(48)58(49,3)25-39(27-62)53(32)73)45-16-9-35(10-17-45)38-24-43(67-65-30-38)13-18-46-50-22-20-47-51(36-5-11-41(60)12-6-36)68-71(55(47)59(50,4)26-40(28-63)54(46)74)44-14-7-34(8-15-44)37-23-42(61)31-64-29-37/h5-12,14-17,23-26,29-32,46,49-50H,13,18-22H2,1-4H3/t32-,46-,49-,50-,58-,59-/m1/s1. The number of aromatic nitrogens is 9. The third-order valence-corrected chi connectivity index (χ3v) is 16.3. The largest absolute Gasteiger partial charge is 0.332 e. The van der Waals surface area contributed by atoms with Crippen molar-refractivity contribution in [3.05, 3.63) is 172 Å². The highest BCUT2D eigenvalue weighted by molar-refractivity contribution is 6.03. The van der Waals surface area contributed by atoms with Crippen LogP contribution in [-0.4, -0.2) is 56.4 Å². The number of nitriles is 2. The quantitative estimate of drug-likeness (QED) is 0.133. The number of benzene rings is 3. The first-order valence-corrected chi connectivity index (χ1v) is 25.1. The number of ketones is 2. The Balaban J connectivity index is 0.855. The molecule has 0 N–H and O–H groups in total. The summed E-state index contributed by atoms with van der Waals surface area (Å²) in [4.78, 5) is 36.2. The molecule has 0 bridgehead atoms. The van der Waals surface area contributed by atoms with Crippen LogP contribution < -0.4 is 0 Å². The van der Waals surface area contributed by atoms with Gasteiger partial charge in [0.1, 0.15) is 23.8 Å². The summed E-state index contributed by atoms with van der Waals surface area (Å²) in [6.07, 6.45) is 11.5. The summed E-state index contributed by atoms with van der Waals surface area (Å²) in [6.45, 7) is 7.82. The van der Waals surface area contributed by atoms with E-state index in [0.29, 0.717) is 66.5 Å². The van der Waals surface area contributed by atoms with Crippen molar-refractivity contribution in [2.75, 3.05) is 0 Å². The van der Waals surface area contributed by atoms with Gasteiger partial charge < -0.3 is 4.52 Å². The minimum atomic E-state index is -0.818. The van der Waals surface area contributed by atoms with Gasteiger partial charge in [-0.2, -0.15) is 35.9 Å². The number of hydrogen-bond donors (Lipinski definition) is 0. The molecule has 0 amide bonds. The van der Waals surface area contributed by atoms with Crippen molar-refractivity contribution in [3.63, 3.8) is 0 Å². The maximum absolute atomic E-state index is 14.4. The molecular weight excluding hydrogens is 949 g/mol. The van der Waals surface area contributed by atoms with Gasteiger partial charge in [-0.15, -0.1) is 0 Å². The number of pyridine rings is 1. The lowest BCUT2D eigenvalue weighted by Crippen LogP contribution is -2.47. The molecule has 0 saturated carbocycles. The van der Waals surface area contributed by atoms with Gasteiger partial charge in [0.25, 0.3) is 5.89 Å². The Morgan fingerprint density at radius 1 is 0.693 bits per heavy atom. The number of halogens is 2. The van der Waals surface area contributed by atoms with Gasteiger partial charge in [0.05, 0.1) is 57.7 Å². The topological polar surface area (TPSA) is 195 Å². The van der Waals surface area contributed by atoms with E-state index in [-0.39, 0.29) is 46.3 Å². The molecule has 0 spiro atoms. The van der Waals surface area contributed by atoms with Crippen molar-refractivity contribution < 1.29 is 22.9 Å². The second-order valence-electron chi connectivity index (χ2n) is 20.6. The van der Waals surface area contributed by atoms with E-state index >= 15 is 0 Å². The van der Waals surface area contributed by atoms with Crippen LogP contribution in [-0.2, 0) is 39.7 Å². The molecule has 16 heteroatoms. The average Bonchev–Trinajstić information content (AvgIpc) is 4.19. The minimum Gasteiger partial charge on any atom is -0.332 e. The van der Waals surface area contributed by atoms with Crippen molar-refractivity contribution >= 4 is 11.6 Å². The first-order chi connectivity index (χ1) is 36.3. The first kappa shape index (κ1) is 47.1. The molecule has 5 aromatic heterocycles. The zero-order chi connectivity index (χ0) is 51.9. The Morgan fingerprint density at radius 2 is 1.27 bits per heavy atom. The number of hydrogen-bond acceptors (Lipinski definition) is 12. The zero-order valence-electron chi connectivity index (χ0n) is 41.4. The Kier molecular flexibility index (Phi) is 11.3. The Labute approximate surface area is 430 Å². The van der Waals surface area contributed by atoms with Crippen LogP contribution in [0.5, 0.6) is 0 Å². The summed E-state index contributed by atoms with van der Waals surface area (Å²) in [5.74, 6) is -1.50. The van der Waals surface area contributed by atoms with Crippen LogP contribution in [0.4, 0.5) is 8.78 Å². The van der Waals surface area contributed by atoms with Gasteiger partial charge in [0.2, 0.25) is 0 Å². The van der Waals surface area contributed by atoms with Gasteiger partial charge in [-0.25, -0.2) is 18.1 Å². The third-order valence-electron chi connectivity index (χ3n) is 16.3. The van der Waals surface area contributed by atoms with Crippen LogP contribution >= 0.6 is 0 Å². The number of nitrogens with zero attached hydrogens (tertiary/aromatic N) is 11. The number of allylic oxidation sites excluding steroid dienone is 4. The molecule has 75 heavy (non-hydrogen) atoms. The van der Waals surface area contributed by atoms with Gasteiger partial charge in [-0.3, -0.25) is 14.6 Å². The molecule has 0 saturated heterocycles. The highest BCUT2D eigenvalue weighted by Crippen LogP contribution is 2.54. The van der Waals surface area contributed by atoms with Crippen LogP contribution in [0.2, 0.25) is 0 Å². The molecule has 4 aliphatic carbocycles. The smallest absolute Gasteiger partial charge is 0.278 e. The van der Waals surface area contributed by atoms with E-state index in [4.69, 9.17) is 14.7 Å². The van der Waals surface area contributed by atoms with E-state index in [2.05, 4.69) is 51.3 Å². The fraction of sp³-hybridized carbons (Fsp3) is 0.271. The SMILES string of the molecule is Cc1noc(-c2nn(-c3ccc(-c4cnnc(CC[C@H]5C(=O)C(C#N)=C[C@@]6(C)c7c(c(-c8ccc(F)cc8)nn7-c7ccc(-c8cncc(F)c8)cc7)CC[C@H]56)c4)cc3)c3c2CC[C@@H]2[C@@H](C)C(=O)C(C#N)=C[C@@]32C)n1. The highest BCUT2D eigenvalue weighted by Gasteiger charge is 2.53. The Bertz CT molecular complexity index is 3800. The molecule has 0 fully saturated rings. The van der Waals surface area contributed by atoms with Crippen molar-refractivity contribution in [2.24, 2.45) is 23.7 Å². The molecule has 0 radical (unpaired) electrons. The van der Waals surface area contributed by atoms with Crippen LogP contribution in [0.3, 0.4) is 0 Å². The normalized spacial score (nSPS) is 22.7. The van der Waals surface area contributed by atoms with Crippen LogP contribution in [0.1, 0.15) is 74.1 Å². The van der Waals surface area contributed by atoms with Crippen molar-refractivity contribution in [1.82, 2.24) is 44.9 Å². The van der Waals surface area contributed by atoms with E-state index < -0.39 is 22.6 Å². The molecule has 12 rings (SSSR count). The molecule has 3 aromatic carbocycles. The second-order valence-corrected chi connectivity index (χ2v) is 20.6. The van der Waals surface area contributed by atoms with E-state index in [9.17, 15) is 28.9 Å².